The van der Waals surface area contributed by atoms with Gasteiger partial charge in [0.15, 0.2) is 0 Å². The Morgan fingerprint density at radius 1 is 1.14 bits per heavy atom. The minimum Gasteiger partial charge on any atom is -0.421 e. The summed E-state index contributed by atoms with van der Waals surface area (Å²) in [5, 5.41) is 16.9. The number of nitrogens with one attached hydrogen (secondary N) is 1. The van der Waals surface area contributed by atoms with Gasteiger partial charge in [0, 0.05) is 23.7 Å². The van der Waals surface area contributed by atoms with E-state index in [4.69, 9.17) is 4.42 Å². The van der Waals surface area contributed by atoms with Crippen molar-refractivity contribution >= 4 is 0 Å². The van der Waals surface area contributed by atoms with E-state index in [1.165, 1.54) is 0 Å². The van der Waals surface area contributed by atoms with Crippen molar-refractivity contribution in [2.45, 2.75) is 13.8 Å². The van der Waals surface area contributed by atoms with Gasteiger partial charge in [-0.1, -0.05) is 12.1 Å². The number of H-pyrrole nitrogens is 1. The Morgan fingerprint density at radius 2 is 1.82 bits per heavy atom. The number of pyridine rings is 1. The molecular weight excluding hydrogens is 280 g/mol. The molecule has 1 aromatic carbocycles. The maximum Gasteiger partial charge on any atom is 0.266 e. The van der Waals surface area contributed by atoms with Gasteiger partial charge in [-0.25, -0.2) is 0 Å². The fraction of sp³-hybridized carbons (Fsp3) is 0.125. The second-order valence-electron chi connectivity index (χ2n) is 4.89. The highest BCUT2D eigenvalue weighted by Gasteiger charge is 2.11. The average molecular weight is 292 g/mol. The van der Waals surface area contributed by atoms with Crippen molar-refractivity contribution < 1.29 is 4.42 Å². The molecule has 0 fully saturated rings. The van der Waals surface area contributed by atoms with Crippen molar-refractivity contribution in [2.75, 3.05) is 0 Å². The molecule has 0 aliphatic heterocycles. The van der Waals surface area contributed by atoms with E-state index >= 15 is 0 Å². The van der Waals surface area contributed by atoms with Crippen molar-refractivity contribution in [3.63, 3.8) is 0 Å². The fourth-order valence-corrected chi connectivity index (χ4v) is 2.23. The lowest BCUT2D eigenvalue weighted by atomic mass is 10.00. The highest BCUT2D eigenvalue weighted by molar-refractivity contribution is 5.72. The molecule has 0 bridgehead atoms. The summed E-state index contributed by atoms with van der Waals surface area (Å²) in [4.78, 5) is 14.5. The van der Waals surface area contributed by atoms with Crippen LogP contribution in [-0.4, -0.2) is 15.2 Å². The standard InChI is InChI=1S/C16H12N4O2/c1-9-7-13(14(8-17)15(21)18-9)11-3-5-12(6-4-11)16-20-19-10(2)22-16/h3-7H,1-2H3,(H,18,21). The number of aromatic nitrogens is 3. The number of hydrogen-bond donors (Lipinski definition) is 1. The molecule has 6 nitrogen and oxygen atoms in total. The van der Waals surface area contributed by atoms with Crippen molar-refractivity contribution in [3.05, 3.63) is 57.8 Å². The largest absolute Gasteiger partial charge is 0.421 e. The van der Waals surface area contributed by atoms with Gasteiger partial charge in [0.2, 0.25) is 11.8 Å². The topological polar surface area (TPSA) is 95.6 Å². The Labute approximate surface area is 126 Å². The summed E-state index contributed by atoms with van der Waals surface area (Å²) in [6, 6.07) is 11.0. The molecule has 0 radical (unpaired) electrons. The van der Waals surface area contributed by atoms with Gasteiger partial charge in [-0.2, -0.15) is 5.26 Å². The minimum absolute atomic E-state index is 0.104. The van der Waals surface area contributed by atoms with Gasteiger partial charge in [-0.3, -0.25) is 4.79 Å². The van der Waals surface area contributed by atoms with Crippen LogP contribution in [-0.2, 0) is 0 Å². The van der Waals surface area contributed by atoms with E-state index in [-0.39, 0.29) is 11.1 Å². The molecule has 0 aliphatic carbocycles. The Balaban J connectivity index is 2.08. The Hall–Kier alpha value is -3.20. The molecule has 2 aromatic heterocycles. The minimum atomic E-state index is -0.380. The fourth-order valence-electron chi connectivity index (χ4n) is 2.23. The normalized spacial score (nSPS) is 10.4. The third-order valence-corrected chi connectivity index (χ3v) is 3.25. The molecule has 3 rings (SSSR count). The van der Waals surface area contributed by atoms with Gasteiger partial charge in [-0.15, -0.1) is 10.2 Å². The molecule has 1 N–H and O–H groups in total. The monoisotopic (exact) mass is 292 g/mol. The molecule has 0 unspecified atom stereocenters. The summed E-state index contributed by atoms with van der Waals surface area (Å²) in [5.74, 6) is 0.933. The number of nitrogens with zero attached hydrogens (tertiary/aromatic N) is 3. The number of benzene rings is 1. The van der Waals surface area contributed by atoms with E-state index in [1.54, 1.807) is 19.9 Å². The summed E-state index contributed by atoms with van der Waals surface area (Å²) in [6.45, 7) is 3.50. The van der Waals surface area contributed by atoms with Crippen molar-refractivity contribution in [1.82, 2.24) is 15.2 Å². The van der Waals surface area contributed by atoms with Crippen LogP contribution >= 0.6 is 0 Å². The van der Waals surface area contributed by atoms with E-state index in [9.17, 15) is 10.1 Å². The molecule has 0 atom stereocenters. The molecule has 0 saturated carbocycles. The van der Waals surface area contributed by atoms with Crippen LogP contribution < -0.4 is 5.56 Å². The Kier molecular flexibility index (Phi) is 3.31. The van der Waals surface area contributed by atoms with Gasteiger partial charge in [0.25, 0.3) is 5.56 Å². The third-order valence-electron chi connectivity index (χ3n) is 3.25. The highest BCUT2D eigenvalue weighted by atomic mass is 16.4. The molecule has 3 aromatic rings. The average Bonchev–Trinajstić information content (AvgIpc) is 2.93. The first-order valence-corrected chi connectivity index (χ1v) is 6.63. The second kappa shape index (κ2) is 5.30. The summed E-state index contributed by atoms with van der Waals surface area (Å²) in [7, 11) is 0. The van der Waals surface area contributed by atoms with Crippen LogP contribution in [0.4, 0.5) is 0 Å². The van der Waals surface area contributed by atoms with Gasteiger partial charge in [0.05, 0.1) is 0 Å². The number of hydrogen-bond acceptors (Lipinski definition) is 5. The molecule has 2 heterocycles. The zero-order valence-corrected chi connectivity index (χ0v) is 12.0. The van der Waals surface area contributed by atoms with Gasteiger partial charge in [0.1, 0.15) is 11.6 Å². The van der Waals surface area contributed by atoms with Crippen LogP contribution in [0.3, 0.4) is 0 Å². The van der Waals surface area contributed by atoms with E-state index in [0.717, 1.165) is 11.1 Å². The predicted octanol–water partition coefficient (Wildman–Crippen LogP) is 2.58. The molecule has 22 heavy (non-hydrogen) atoms. The molecule has 0 saturated heterocycles. The van der Waals surface area contributed by atoms with Gasteiger partial charge < -0.3 is 9.40 Å². The molecule has 108 valence electrons. The Bertz CT molecular complexity index is 930. The summed E-state index contributed by atoms with van der Waals surface area (Å²) < 4.78 is 5.37. The lowest BCUT2D eigenvalue weighted by Gasteiger charge is -2.06. The van der Waals surface area contributed by atoms with Crippen LogP contribution in [0.2, 0.25) is 0 Å². The molecule has 0 spiro atoms. The maximum absolute atomic E-state index is 11.8. The molecular formula is C16H12N4O2. The van der Waals surface area contributed by atoms with Crippen molar-refractivity contribution in [1.29, 1.82) is 5.26 Å². The number of rotatable bonds is 2. The highest BCUT2D eigenvalue weighted by Crippen LogP contribution is 2.25. The molecule has 6 heteroatoms. The van der Waals surface area contributed by atoms with Crippen molar-refractivity contribution in [3.8, 4) is 28.7 Å². The summed E-state index contributed by atoms with van der Waals surface area (Å²) in [5.41, 5.74) is 2.60. The first-order chi connectivity index (χ1) is 10.6. The quantitative estimate of drug-likeness (QED) is 0.783. The smallest absolute Gasteiger partial charge is 0.266 e. The van der Waals surface area contributed by atoms with Gasteiger partial charge >= 0.3 is 0 Å². The SMILES string of the molecule is Cc1cc(-c2ccc(-c3nnc(C)o3)cc2)c(C#N)c(=O)[nH]1. The van der Waals surface area contributed by atoms with Crippen LogP contribution in [0.5, 0.6) is 0 Å². The summed E-state index contributed by atoms with van der Waals surface area (Å²) >= 11 is 0. The van der Waals surface area contributed by atoms with Crippen molar-refractivity contribution in [2.24, 2.45) is 0 Å². The maximum atomic E-state index is 11.8. The van der Waals surface area contributed by atoms with Crippen LogP contribution in [0.25, 0.3) is 22.6 Å². The van der Waals surface area contributed by atoms with E-state index < -0.39 is 0 Å². The molecule has 0 amide bonds. The zero-order chi connectivity index (χ0) is 15.7. The summed E-state index contributed by atoms with van der Waals surface area (Å²) in [6.07, 6.45) is 0. The lowest BCUT2D eigenvalue weighted by molar-refractivity contribution is 0.533. The number of aromatic amines is 1. The first-order valence-electron chi connectivity index (χ1n) is 6.63. The van der Waals surface area contributed by atoms with E-state index in [2.05, 4.69) is 15.2 Å². The van der Waals surface area contributed by atoms with Crippen LogP contribution in [0, 0.1) is 25.2 Å². The molecule has 0 aliphatic rings. The van der Waals surface area contributed by atoms with E-state index in [1.807, 2.05) is 30.3 Å². The first kappa shape index (κ1) is 13.8. The van der Waals surface area contributed by atoms with Crippen LogP contribution in [0.1, 0.15) is 17.1 Å². The number of nitriles is 1. The Morgan fingerprint density at radius 3 is 2.41 bits per heavy atom. The van der Waals surface area contributed by atoms with Gasteiger partial charge in [-0.05, 0) is 30.7 Å². The number of aryl methyl sites for hydroxylation is 2. The predicted molar refractivity (Wildman–Crippen MR) is 80.0 cm³/mol. The third kappa shape index (κ3) is 2.40. The van der Waals surface area contributed by atoms with Crippen LogP contribution in [0.15, 0.2) is 39.5 Å². The lowest BCUT2D eigenvalue weighted by Crippen LogP contribution is -2.12. The van der Waals surface area contributed by atoms with E-state index in [0.29, 0.717) is 23.0 Å². The second-order valence-corrected chi connectivity index (χ2v) is 4.89. The zero-order valence-electron chi connectivity index (χ0n) is 12.0.